The zero-order valence-corrected chi connectivity index (χ0v) is 8.45. The highest BCUT2D eigenvalue weighted by Gasteiger charge is 2.15. The molecule has 74 valence electrons. The lowest BCUT2D eigenvalue weighted by Crippen LogP contribution is -2.20. The Morgan fingerprint density at radius 1 is 1.62 bits per heavy atom. The number of nitrogen functional groups attached to an aromatic ring is 1. The van der Waals surface area contributed by atoms with E-state index >= 15 is 0 Å². The molecule has 0 aliphatic heterocycles. The Morgan fingerprint density at radius 3 is 2.62 bits per heavy atom. The van der Waals surface area contributed by atoms with Gasteiger partial charge in [0, 0.05) is 0 Å². The van der Waals surface area contributed by atoms with Crippen LogP contribution in [-0.4, -0.2) is 23.4 Å². The Labute approximate surface area is 77.6 Å². The van der Waals surface area contributed by atoms with Crippen LogP contribution in [-0.2, 0) is 10.0 Å². The molecule has 0 bridgehead atoms. The average molecular weight is 203 g/mol. The molecule has 0 radical (unpaired) electrons. The number of nitrogens with zero attached hydrogens (tertiary/aromatic N) is 2. The Balaban J connectivity index is 2.95. The summed E-state index contributed by atoms with van der Waals surface area (Å²) in [5.74, 6) is 0.157. The van der Waals surface area contributed by atoms with Gasteiger partial charge in [-0.2, -0.15) is 9.19 Å². The second-order valence-electron chi connectivity index (χ2n) is 3.32. The Morgan fingerprint density at radius 2 is 2.23 bits per heavy atom. The van der Waals surface area contributed by atoms with Gasteiger partial charge in [0.25, 0.3) is 10.0 Å². The molecule has 0 atom stereocenters. The summed E-state index contributed by atoms with van der Waals surface area (Å²) in [5.41, 5.74) is 5.71. The fraction of sp³-hybridized carbons (Fsp3) is 0.571. The SMILES string of the molecule is CC(C)CS(=O)(=O)n1cc(N)cn1. The van der Waals surface area contributed by atoms with Crippen molar-refractivity contribution in [3.8, 4) is 0 Å². The van der Waals surface area contributed by atoms with Gasteiger partial charge in [-0.05, 0) is 5.92 Å². The van der Waals surface area contributed by atoms with Crippen LogP contribution in [0.3, 0.4) is 0 Å². The first-order valence-electron chi connectivity index (χ1n) is 3.95. The highest BCUT2D eigenvalue weighted by Crippen LogP contribution is 2.06. The third-order valence-corrected chi connectivity index (χ3v) is 3.27. The van der Waals surface area contributed by atoms with Crippen LogP contribution in [0.4, 0.5) is 5.69 Å². The van der Waals surface area contributed by atoms with Crippen molar-refractivity contribution in [2.75, 3.05) is 11.5 Å². The van der Waals surface area contributed by atoms with E-state index in [-0.39, 0.29) is 11.7 Å². The second kappa shape index (κ2) is 3.37. The number of nitrogens with two attached hydrogens (primary N) is 1. The standard InChI is InChI=1S/C7H13N3O2S/c1-6(2)5-13(11,12)10-4-7(8)3-9-10/h3-4,6H,5,8H2,1-2H3. The van der Waals surface area contributed by atoms with Gasteiger partial charge in [0.15, 0.2) is 0 Å². The van der Waals surface area contributed by atoms with Gasteiger partial charge in [0.2, 0.25) is 0 Å². The van der Waals surface area contributed by atoms with E-state index in [2.05, 4.69) is 5.10 Å². The number of aromatic nitrogens is 2. The lowest BCUT2D eigenvalue weighted by atomic mass is 10.3. The molecule has 0 amide bonds. The fourth-order valence-electron chi connectivity index (χ4n) is 0.967. The number of hydrogen-bond donors (Lipinski definition) is 1. The van der Waals surface area contributed by atoms with E-state index in [0.29, 0.717) is 5.69 Å². The summed E-state index contributed by atoms with van der Waals surface area (Å²) in [4.78, 5) is 0. The molecule has 0 aliphatic rings. The average Bonchev–Trinajstić information content (AvgIpc) is 2.32. The molecule has 1 heterocycles. The maximum absolute atomic E-state index is 11.5. The number of anilines is 1. The number of rotatable bonds is 3. The molecule has 5 nitrogen and oxygen atoms in total. The second-order valence-corrected chi connectivity index (χ2v) is 5.19. The predicted molar refractivity (Wildman–Crippen MR) is 50.7 cm³/mol. The Bertz CT molecular complexity index is 380. The largest absolute Gasteiger partial charge is 0.396 e. The Hall–Kier alpha value is -1.04. The van der Waals surface area contributed by atoms with E-state index in [1.165, 1.54) is 12.4 Å². The summed E-state index contributed by atoms with van der Waals surface area (Å²) in [6, 6.07) is 0. The van der Waals surface area contributed by atoms with Gasteiger partial charge in [0.05, 0.1) is 23.8 Å². The minimum atomic E-state index is -3.31. The zero-order chi connectivity index (χ0) is 10.1. The molecule has 0 saturated heterocycles. The quantitative estimate of drug-likeness (QED) is 0.766. The van der Waals surface area contributed by atoms with Crippen LogP contribution < -0.4 is 5.73 Å². The molecular weight excluding hydrogens is 190 g/mol. The summed E-state index contributed by atoms with van der Waals surface area (Å²) in [6.07, 6.45) is 2.62. The van der Waals surface area contributed by atoms with E-state index in [9.17, 15) is 8.42 Å². The van der Waals surface area contributed by atoms with Gasteiger partial charge in [-0.1, -0.05) is 13.8 Å². The molecule has 0 aliphatic carbocycles. The molecule has 0 fully saturated rings. The first-order chi connectivity index (χ1) is 5.92. The minimum absolute atomic E-state index is 0.0775. The minimum Gasteiger partial charge on any atom is -0.396 e. The maximum Gasteiger partial charge on any atom is 0.254 e. The number of hydrogen-bond acceptors (Lipinski definition) is 4. The molecule has 13 heavy (non-hydrogen) atoms. The van der Waals surface area contributed by atoms with Crippen molar-refractivity contribution < 1.29 is 8.42 Å². The lowest BCUT2D eigenvalue weighted by Gasteiger charge is -2.05. The van der Waals surface area contributed by atoms with Crippen LogP contribution in [0.2, 0.25) is 0 Å². The van der Waals surface area contributed by atoms with Crippen LogP contribution in [0.15, 0.2) is 12.4 Å². The molecule has 1 rings (SSSR count). The molecule has 0 saturated carbocycles. The van der Waals surface area contributed by atoms with Crippen molar-refractivity contribution in [3.05, 3.63) is 12.4 Å². The monoisotopic (exact) mass is 203 g/mol. The van der Waals surface area contributed by atoms with Gasteiger partial charge >= 0.3 is 0 Å². The van der Waals surface area contributed by atoms with Gasteiger partial charge in [0.1, 0.15) is 0 Å². The summed E-state index contributed by atoms with van der Waals surface area (Å²) >= 11 is 0. The molecular formula is C7H13N3O2S. The van der Waals surface area contributed by atoms with Crippen molar-refractivity contribution in [1.82, 2.24) is 9.19 Å². The molecule has 0 spiro atoms. The molecule has 0 aromatic carbocycles. The van der Waals surface area contributed by atoms with Crippen molar-refractivity contribution in [3.63, 3.8) is 0 Å². The van der Waals surface area contributed by atoms with E-state index in [0.717, 1.165) is 4.09 Å². The van der Waals surface area contributed by atoms with Crippen molar-refractivity contribution in [1.29, 1.82) is 0 Å². The third kappa shape index (κ3) is 2.45. The van der Waals surface area contributed by atoms with Crippen LogP contribution in [0.5, 0.6) is 0 Å². The van der Waals surface area contributed by atoms with Crippen LogP contribution >= 0.6 is 0 Å². The predicted octanol–water partition coefficient (Wildman–Crippen LogP) is 0.299. The van der Waals surface area contributed by atoms with Gasteiger partial charge in [-0.3, -0.25) is 0 Å². The maximum atomic E-state index is 11.5. The topological polar surface area (TPSA) is 78.0 Å². The molecule has 0 unspecified atom stereocenters. The summed E-state index contributed by atoms with van der Waals surface area (Å²) in [6.45, 7) is 3.68. The van der Waals surface area contributed by atoms with Gasteiger partial charge < -0.3 is 5.73 Å². The summed E-state index contributed by atoms with van der Waals surface area (Å²) in [7, 11) is -3.31. The van der Waals surface area contributed by atoms with Crippen molar-refractivity contribution in [2.45, 2.75) is 13.8 Å². The molecule has 1 aromatic rings. The molecule has 2 N–H and O–H groups in total. The first kappa shape index (κ1) is 10.0. The zero-order valence-electron chi connectivity index (χ0n) is 7.64. The van der Waals surface area contributed by atoms with Crippen LogP contribution in [0.25, 0.3) is 0 Å². The first-order valence-corrected chi connectivity index (χ1v) is 5.56. The summed E-state index contributed by atoms with van der Waals surface area (Å²) < 4.78 is 23.9. The highest BCUT2D eigenvalue weighted by molar-refractivity contribution is 7.89. The van der Waals surface area contributed by atoms with E-state index < -0.39 is 10.0 Å². The van der Waals surface area contributed by atoms with Crippen LogP contribution in [0, 0.1) is 5.92 Å². The highest BCUT2D eigenvalue weighted by atomic mass is 32.2. The summed E-state index contributed by atoms with van der Waals surface area (Å²) in [5, 5.41) is 3.64. The normalized spacial score (nSPS) is 12.2. The van der Waals surface area contributed by atoms with E-state index in [1.54, 1.807) is 0 Å². The van der Waals surface area contributed by atoms with E-state index in [1.807, 2.05) is 13.8 Å². The fourth-order valence-corrected chi connectivity index (χ4v) is 2.44. The van der Waals surface area contributed by atoms with Gasteiger partial charge in [-0.25, -0.2) is 8.42 Å². The third-order valence-electron chi connectivity index (χ3n) is 1.41. The van der Waals surface area contributed by atoms with E-state index in [4.69, 9.17) is 5.73 Å². The molecule has 6 heteroatoms. The Kier molecular flexibility index (Phi) is 2.60. The van der Waals surface area contributed by atoms with Crippen LogP contribution in [0.1, 0.15) is 13.8 Å². The lowest BCUT2D eigenvalue weighted by molar-refractivity contribution is 0.566. The smallest absolute Gasteiger partial charge is 0.254 e. The van der Waals surface area contributed by atoms with Crippen molar-refractivity contribution >= 4 is 15.7 Å². The molecule has 1 aromatic heterocycles. The van der Waals surface area contributed by atoms with Gasteiger partial charge in [-0.15, -0.1) is 0 Å². The van der Waals surface area contributed by atoms with Crippen molar-refractivity contribution in [2.24, 2.45) is 5.92 Å².